The largest absolute Gasteiger partial charge is 0.337 e. The Morgan fingerprint density at radius 2 is 1.77 bits per heavy atom. The Bertz CT molecular complexity index is 717. The average molecular weight is 323 g/mol. The van der Waals surface area contributed by atoms with Gasteiger partial charge in [-0.05, 0) is 35.9 Å². The molecule has 0 unspecified atom stereocenters. The molecule has 0 saturated heterocycles. The molecule has 0 aliphatic heterocycles. The van der Waals surface area contributed by atoms with Crippen molar-refractivity contribution in [2.45, 2.75) is 11.4 Å². The molecule has 0 saturated carbocycles. The number of nitrogens with zero attached hydrogens (tertiary/aromatic N) is 1. The molecule has 0 N–H and O–H groups in total. The highest BCUT2D eigenvalue weighted by Gasteiger charge is 2.17. The molecule has 0 heterocycles. The van der Waals surface area contributed by atoms with E-state index in [2.05, 4.69) is 0 Å². The van der Waals surface area contributed by atoms with Gasteiger partial charge in [-0.25, -0.2) is 8.78 Å². The van der Waals surface area contributed by atoms with Gasteiger partial charge in [-0.3, -0.25) is 9.00 Å². The molecule has 2 rings (SSSR count). The van der Waals surface area contributed by atoms with Crippen molar-refractivity contribution >= 4 is 16.7 Å². The summed E-state index contributed by atoms with van der Waals surface area (Å²) in [6.45, 7) is 0.241. The van der Waals surface area contributed by atoms with Gasteiger partial charge in [0.1, 0.15) is 11.6 Å². The number of halogens is 2. The molecule has 1 atom stereocenters. The standard InChI is InChI=1S/C16H15F2NO2S/c1-19(10-11-3-6-13(7-4-11)22(2)21)16(20)14-9-12(17)5-8-15(14)18/h3-9H,10H2,1-2H3/t22-/m1/s1. The van der Waals surface area contributed by atoms with E-state index < -0.39 is 28.3 Å². The topological polar surface area (TPSA) is 37.4 Å². The van der Waals surface area contributed by atoms with Crippen molar-refractivity contribution in [2.24, 2.45) is 0 Å². The Labute approximate surface area is 130 Å². The van der Waals surface area contributed by atoms with Crippen LogP contribution in [0.25, 0.3) is 0 Å². The molecule has 0 aromatic heterocycles. The Hall–Kier alpha value is -2.08. The molecular formula is C16H15F2NO2S. The third-order valence-corrected chi connectivity index (χ3v) is 4.12. The van der Waals surface area contributed by atoms with E-state index in [1.54, 1.807) is 30.5 Å². The van der Waals surface area contributed by atoms with Crippen molar-refractivity contribution in [1.29, 1.82) is 0 Å². The smallest absolute Gasteiger partial charge is 0.256 e. The van der Waals surface area contributed by atoms with Gasteiger partial charge in [-0.2, -0.15) is 0 Å². The summed E-state index contributed by atoms with van der Waals surface area (Å²) in [7, 11) is 0.447. The highest BCUT2D eigenvalue weighted by Crippen LogP contribution is 2.14. The highest BCUT2D eigenvalue weighted by atomic mass is 32.2. The van der Waals surface area contributed by atoms with Crippen LogP contribution in [0.1, 0.15) is 15.9 Å². The van der Waals surface area contributed by atoms with Crippen LogP contribution in [0.5, 0.6) is 0 Å². The molecule has 0 radical (unpaired) electrons. The zero-order valence-corrected chi connectivity index (χ0v) is 13.0. The third kappa shape index (κ3) is 3.76. The van der Waals surface area contributed by atoms with E-state index in [1.165, 1.54) is 11.9 Å². The van der Waals surface area contributed by atoms with Crippen LogP contribution in [0.15, 0.2) is 47.4 Å². The van der Waals surface area contributed by atoms with Crippen LogP contribution in [0.2, 0.25) is 0 Å². The van der Waals surface area contributed by atoms with E-state index >= 15 is 0 Å². The molecule has 0 bridgehead atoms. The molecule has 1 amide bonds. The Kier molecular flexibility index (Phi) is 5.03. The number of hydrogen-bond acceptors (Lipinski definition) is 2. The number of rotatable bonds is 4. The first-order valence-electron chi connectivity index (χ1n) is 6.51. The summed E-state index contributed by atoms with van der Waals surface area (Å²) >= 11 is 0. The fourth-order valence-corrected chi connectivity index (χ4v) is 2.52. The van der Waals surface area contributed by atoms with Crippen molar-refractivity contribution in [2.75, 3.05) is 13.3 Å². The number of hydrogen-bond donors (Lipinski definition) is 0. The quantitative estimate of drug-likeness (QED) is 0.867. The minimum absolute atomic E-state index is 0.241. The van der Waals surface area contributed by atoms with Crippen LogP contribution in [-0.2, 0) is 17.3 Å². The lowest BCUT2D eigenvalue weighted by atomic mass is 10.1. The van der Waals surface area contributed by atoms with E-state index in [4.69, 9.17) is 0 Å². The number of carbonyl (C=O) groups is 1. The maximum Gasteiger partial charge on any atom is 0.256 e. The number of benzene rings is 2. The van der Waals surface area contributed by atoms with E-state index in [1.807, 2.05) is 0 Å². The normalized spacial score (nSPS) is 12.0. The van der Waals surface area contributed by atoms with Gasteiger partial charge in [0.05, 0.1) is 5.56 Å². The average Bonchev–Trinajstić information content (AvgIpc) is 2.49. The zero-order chi connectivity index (χ0) is 16.3. The zero-order valence-electron chi connectivity index (χ0n) is 12.2. The molecule has 0 fully saturated rings. The van der Waals surface area contributed by atoms with Crippen molar-refractivity contribution < 1.29 is 17.8 Å². The molecule has 2 aromatic carbocycles. The summed E-state index contributed by atoms with van der Waals surface area (Å²) in [5, 5.41) is 0. The van der Waals surface area contributed by atoms with Crippen molar-refractivity contribution in [1.82, 2.24) is 4.90 Å². The summed E-state index contributed by atoms with van der Waals surface area (Å²) in [4.78, 5) is 14.2. The predicted octanol–water partition coefficient (Wildman–Crippen LogP) is 2.97. The molecule has 0 spiro atoms. The van der Waals surface area contributed by atoms with Gasteiger partial charge < -0.3 is 4.90 Å². The van der Waals surface area contributed by atoms with Gasteiger partial charge in [-0.1, -0.05) is 12.1 Å². The predicted molar refractivity (Wildman–Crippen MR) is 80.9 cm³/mol. The maximum absolute atomic E-state index is 13.6. The fraction of sp³-hybridized carbons (Fsp3) is 0.188. The number of carbonyl (C=O) groups excluding carboxylic acids is 1. The third-order valence-electron chi connectivity index (χ3n) is 3.18. The maximum atomic E-state index is 13.6. The van der Waals surface area contributed by atoms with Crippen LogP contribution < -0.4 is 0 Å². The fourth-order valence-electron chi connectivity index (χ4n) is 2.00. The Morgan fingerprint density at radius 3 is 2.36 bits per heavy atom. The van der Waals surface area contributed by atoms with Gasteiger partial charge >= 0.3 is 0 Å². The van der Waals surface area contributed by atoms with Crippen molar-refractivity contribution in [3.05, 3.63) is 65.2 Å². The van der Waals surface area contributed by atoms with Gasteiger partial charge in [0.15, 0.2) is 0 Å². The first kappa shape index (κ1) is 16.3. The highest BCUT2D eigenvalue weighted by molar-refractivity contribution is 7.84. The van der Waals surface area contributed by atoms with Crippen LogP contribution in [-0.4, -0.2) is 28.3 Å². The van der Waals surface area contributed by atoms with Gasteiger partial charge in [0.25, 0.3) is 5.91 Å². The summed E-state index contributed by atoms with van der Waals surface area (Å²) in [5.74, 6) is -2.01. The van der Waals surface area contributed by atoms with E-state index in [9.17, 15) is 17.8 Å². The summed E-state index contributed by atoms with van der Waals surface area (Å²) in [6.07, 6.45) is 1.58. The summed E-state index contributed by atoms with van der Waals surface area (Å²) in [5.41, 5.74) is 0.510. The molecular weight excluding hydrogens is 308 g/mol. The Morgan fingerprint density at radius 1 is 1.14 bits per heavy atom. The molecule has 2 aromatic rings. The molecule has 3 nitrogen and oxygen atoms in total. The van der Waals surface area contributed by atoms with E-state index in [0.717, 1.165) is 23.8 Å². The SMILES string of the molecule is CN(Cc1ccc([S@@](C)=O)cc1)C(=O)c1cc(F)ccc1F. The van der Waals surface area contributed by atoms with Crippen molar-refractivity contribution in [3.63, 3.8) is 0 Å². The lowest BCUT2D eigenvalue weighted by Crippen LogP contribution is -2.27. The first-order valence-corrected chi connectivity index (χ1v) is 8.07. The lowest BCUT2D eigenvalue weighted by molar-refractivity contribution is 0.0780. The van der Waals surface area contributed by atoms with Crippen LogP contribution in [0.4, 0.5) is 8.78 Å². The van der Waals surface area contributed by atoms with Gasteiger partial charge in [0, 0.05) is 35.5 Å². The monoisotopic (exact) mass is 323 g/mol. The molecule has 0 aliphatic rings. The molecule has 0 aliphatic carbocycles. The minimum atomic E-state index is -1.07. The van der Waals surface area contributed by atoms with Gasteiger partial charge in [-0.15, -0.1) is 0 Å². The first-order chi connectivity index (χ1) is 10.4. The second kappa shape index (κ2) is 6.79. The van der Waals surface area contributed by atoms with E-state index in [-0.39, 0.29) is 12.1 Å². The lowest BCUT2D eigenvalue weighted by Gasteiger charge is -2.18. The minimum Gasteiger partial charge on any atom is -0.337 e. The van der Waals surface area contributed by atoms with E-state index in [0.29, 0.717) is 4.90 Å². The van der Waals surface area contributed by atoms with Crippen LogP contribution in [0.3, 0.4) is 0 Å². The number of amides is 1. The van der Waals surface area contributed by atoms with Gasteiger partial charge in [0.2, 0.25) is 0 Å². The van der Waals surface area contributed by atoms with Crippen molar-refractivity contribution in [3.8, 4) is 0 Å². The summed E-state index contributed by atoms with van der Waals surface area (Å²) in [6, 6.07) is 9.72. The van der Waals surface area contributed by atoms with Crippen LogP contribution >= 0.6 is 0 Å². The second-order valence-electron chi connectivity index (χ2n) is 4.88. The molecule has 6 heteroatoms. The molecule has 116 valence electrons. The summed E-state index contributed by atoms with van der Waals surface area (Å²) < 4.78 is 38.1. The molecule has 22 heavy (non-hydrogen) atoms. The second-order valence-corrected chi connectivity index (χ2v) is 6.26. The Balaban J connectivity index is 2.14. The van der Waals surface area contributed by atoms with Crippen LogP contribution in [0, 0.1) is 11.6 Å².